The van der Waals surface area contributed by atoms with Crippen molar-refractivity contribution < 1.29 is 14.4 Å². The third kappa shape index (κ3) is 7.87. The van der Waals surface area contributed by atoms with Crippen LogP contribution in [0.15, 0.2) is 53.0 Å². The predicted octanol–water partition coefficient (Wildman–Crippen LogP) is 3.26. The van der Waals surface area contributed by atoms with Gasteiger partial charge >= 0.3 is 0 Å². The summed E-state index contributed by atoms with van der Waals surface area (Å²) in [5.74, 6) is 4.57. The quantitative estimate of drug-likeness (QED) is 0.261. The second-order valence-corrected chi connectivity index (χ2v) is 8.00. The van der Waals surface area contributed by atoms with Gasteiger partial charge in [-0.3, -0.25) is 25.7 Å². The molecule has 9 nitrogen and oxygen atoms in total. The van der Waals surface area contributed by atoms with Gasteiger partial charge in [-0.25, -0.2) is 4.99 Å². The molecule has 2 aromatic rings. The first-order valence-corrected chi connectivity index (χ1v) is 11.6. The Hall–Kier alpha value is -3.82. The Kier molecular flexibility index (Phi) is 10.8. The van der Waals surface area contributed by atoms with Crippen LogP contribution in [-0.4, -0.2) is 49.0 Å². The number of aldehydes is 1. The van der Waals surface area contributed by atoms with Crippen LogP contribution in [0.4, 0.5) is 11.4 Å². The summed E-state index contributed by atoms with van der Waals surface area (Å²) in [5.41, 5.74) is 11.6. The molecule has 35 heavy (non-hydrogen) atoms. The number of hydrogen-bond donors (Lipinski definition) is 4. The Bertz CT molecular complexity index is 1100. The minimum absolute atomic E-state index is 0.0309. The van der Waals surface area contributed by atoms with E-state index in [0.29, 0.717) is 47.0 Å². The molecule has 0 atom stereocenters. The maximum absolute atomic E-state index is 13.1. The van der Waals surface area contributed by atoms with Gasteiger partial charge in [0.1, 0.15) is 12.1 Å². The molecule has 0 spiro atoms. The van der Waals surface area contributed by atoms with Gasteiger partial charge in [0.05, 0.1) is 5.69 Å². The lowest BCUT2D eigenvalue weighted by molar-refractivity contribution is -0.127. The molecular weight excluding hydrogens is 444 g/mol. The van der Waals surface area contributed by atoms with Crippen LogP contribution in [0.5, 0.6) is 0 Å². The number of anilines is 1. The van der Waals surface area contributed by atoms with E-state index in [0.717, 1.165) is 24.7 Å². The molecule has 0 bridgehead atoms. The molecule has 0 aromatic heterocycles. The summed E-state index contributed by atoms with van der Waals surface area (Å²) in [6.45, 7) is 5.48. The van der Waals surface area contributed by atoms with Gasteiger partial charge in [0, 0.05) is 47.5 Å². The smallest absolute Gasteiger partial charge is 0.255 e. The van der Waals surface area contributed by atoms with Crippen LogP contribution in [-0.2, 0) is 4.79 Å². The van der Waals surface area contributed by atoms with E-state index in [1.807, 2.05) is 24.8 Å². The first-order chi connectivity index (χ1) is 16.9. The van der Waals surface area contributed by atoms with Gasteiger partial charge in [-0.05, 0) is 50.2 Å². The lowest BCUT2D eigenvalue weighted by Crippen LogP contribution is -2.34. The van der Waals surface area contributed by atoms with Crippen LogP contribution in [0.3, 0.4) is 0 Å². The van der Waals surface area contributed by atoms with Crippen molar-refractivity contribution >= 4 is 41.4 Å². The van der Waals surface area contributed by atoms with Crippen molar-refractivity contribution in [2.75, 3.05) is 25.5 Å². The number of nitrogens with one attached hydrogen (secondary N) is 2. The lowest BCUT2D eigenvalue weighted by Gasteiger charge is -2.22. The number of aliphatic imine (C=N–C) groups is 1. The number of carbonyl (C=O) groups excluding carboxylic acids is 3. The Morgan fingerprint density at radius 2 is 1.80 bits per heavy atom. The standard InChI is InChI=1S/C25H28N4O3.CH6N2/c1-3-10-29(11-4-2)25(32)20-13-18-8-9-19(14-22(18)28-23(26)15-20)24(31)27-21-7-5-6-17(12-21)16-30;1-3-2/h5-9,12-14,16H,3-4,10-11,15H2,1-2H3,(H2,26,28)(H,27,31);3H,2H2,1H3. The molecule has 0 radical (unpaired) electrons. The van der Waals surface area contributed by atoms with Crippen LogP contribution in [0, 0.1) is 0 Å². The highest BCUT2D eigenvalue weighted by Crippen LogP contribution is 2.29. The molecule has 1 heterocycles. The van der Waals surface area contributed by atoms with E-state index < -0.39 is 0 Å². The van der Waals surface area contributed by atoms with Crippen molar-refractivity contribution in [2.24, 2.45) is 16.6 Å². The van der Waals surface area contributed by atoms with Crippen LogP contribution in [0.2, 0.25) is 0 Å². The Morgan fingerprint density at radius 1 is 1.11 bits per heavy atom. The summed E-state index contributed by atoms with van der Waals surface area (Å²) in [6.07, 6.45) is 4.57. The van der Waals surface area contributed by atoms with Gasteiger partial charge in [-0.2, -0.15) is 0 Å². The molecule has 9 heteroatoms. The highest BCUT2D eigenvalue weighted by Gasteiger charge is 2.21. The maximum atomic E-state index is 13.1. The monoisotopic (exact) mass is 478 g/mol. The Balaban J connectivity index is 0.00000137. The molecule has 0 unspecified atom stereocenters. The zero-order valence-corrected chi connectivity index (χ0v) is 20.5. The van der Waals surface area contributed by atoms with E-state index in [1.54, 1.807) is 49.5 Å². The molecule has 0 saturated carbocycles. The minimum atomic E-state index is -0.328. The number of amidine groups is 1. The summed E-state index contributed by atoms with van der Waals surface area (Å²) in [6, 6.07) is 11.8. The normalized spacial score (nSPS) is 12.1. The molecule has 3 rings (SSSR count). The molecule has 0 saturated heterocycles. The van der Waals surface area contributed by atoms with E-state index in [-0.39, 0.29) is 18.2 Å². The fraction of sp³-hybridized carbons (Fsp3) is 0.308. The number of hydrazine groups is 1. The molecule has 6 N–H and O–H groups in total. The average molecular weight is 479 g/mol. The van der Waals surface area contributed by atoms with Crippen molar-refractivity contribution in [3.63, 3.8) is 0 Å². The van der Waals surface area contributed by atoms with Gasteiger partial charge < -0.3 is 16.0 Å². The molecule has 1 aliphatic rings. The lowest BCUT2D eigenvalue weighted by atomic mass is 10.0. The summed E-state index contributed by atoms with van der Waals surface area (Å²) in [5, 5.41) is 2.78. The fourth-order valence-electron chi connectivity index (χ4n) is 3.62. The number of nitrogens with zero attached hydrogens (tertiary/aromatic N) is 2. The molecule has 1 aliphatic heterocycles. The van der Waals surface area contributed by atoms with E-state index in [9.17, 15) is 14.4 Å². The zero-order chi connectivity index (χ0) is 25.8. The number of rotatable bonds is 8. The number of fused-ring (bicyclic) bond motifs is 1. The zero-order valence-electron chi connectivity index (χ0n) is 20.5. The number of carbonyl (C=O) groups is 3. The number of amides is 2. The van der Waals surface area contributed by atoms with Gasteiger partial charge in [-0.15, -0.1) is 0 Å². The van der Waals surface area contributed by atoms with Crippen LogP contribution in [0.1, 0.15) is 59.4 Å². The summed E-state index contributed by atoms with van der Waals surface area (Å²) in [4.78, 5) is 43.0. The van der Waals surface area contributed by atoms with Crippen molar-refractivity contribution in [3.05, 3.63) is 64.7 Å². The predicted molar refractivity (Wildman–Crippen MR) is 141 cm³/mol. The van der Waals surface area contributed by atoms with E-state index >= 15 is 0 Å². The van der Waals surface area contributed by atoms with Crippen molar-refractivity contribution in [2.45, 2.75) is 33.1 Å². The van der Waals surface area contributed by atoms with Gasteiger partial charge in [0.25, 0.3) is 5.91 Å². The van der Waals surface area contributed by atoms with Crippen LogP contribution in [0.25, 0.3) is 6.08 Å². The highest BCUT2D eigenvalue weighted by molar-refractivity contribution is 6.08. The maximum Gasteiger partial charge on any atom is 0.255 e. The van der Waals surface area contributed by atoms with Gasteiger partial charge in [0.2, 0.25) is 5.91 Å². The van der Waals surface area contributed by atoms with Gasteiger partial charge in [-0.1, -0.05) is 32.0 Å². The van der Waals surface area contributed by atoms with Crippen LogP contribution >= 0.6 is 0 Å². The molecule has 186 valence electrons. The number of hydrogen-bond acceptors (Lipinski definition) is 7. The summed E-state index contributed by atoms with van der Waals surface area (Å²) in [7, 11) is 1.65. The van der Waals surface area contributed by atoms with E-state index in [2.05, 4.69) is 21.6 Å². The Morgan fingerprint density at radius 3 is 2.43 bits per heavy atom. The third-order valence-corrected chi connectivity index (χ3v) is 5.09. The topological polar surface area (TPSA) is 143 Å². The van der Waals surface area contributed by atoms with E-state index in [4.69, 9.17) is 5.73 Å². The third-order valence-electron chi connectivity index (χ3n) is 5.09. The van der Waals surface area contributed by atoms with Crippen molar-refractivity contribution in [3.8, 4) is 0 Å². The number of nitrogens with two attached hydrogens (primary N) is 2. The van der Waals surface area contributed by atoms with Gasteiger partial charge in [0.15, 0.2) is 0 Å². The van der Waals surface area contributed by atoms with E-state index in [1.165, 1.54) is 0 Å². The largest absolute Gasteiger partial charge is 0.387 e. The second-order valence-electron chi connectivity index (χ2n) is 8.00. The molecule has 0 aliphatic carbocycles. The Labute approximate surface area is 206 Å². The highest BCUT2D eigenvalue weighted by atomic mass is 16.2. The SMILES string of the molecule is CCCN(CCC)C(=O)C1=Cc2ccc(C(=O)Nc3cccc(C=O)c3)cc2N=C(N)C1.CNN. The molecule has 2 amide bonds. The average Bonchev–Trinajstić information content (AvgIpc) is 3.01. The molecule has 2 aromatic carbocycles. The number of benzene rings is 2. The molecular formula is C26H34N6O3. The first-order valence-electron chi connectivity index (χ1n) is 11.6. The van der Waals surface area contributed by atoms with Crippen molar-refractivity contribution in [1.29, 1.82) is 0 Å². The first kappa shape index (κ1) is 27.4. The molecule has 0 fully saturated rings. The van der Waals surface area contributed by atoms with Crippen molar-refractivity contribution in [1.82, 2.24) is 10.3 Å². The fourth-order valence-corrected chi connectivity index (χ4v) is 3.62. The second kappa shape index (κ2) is 13.8. The summed E-state index contributed by atoms with van der Waals surface area (Å²) >= 11 is 0. The summed E-state index contributed by atoms with van der Waals surface area (Å²) < 4.78 is 0. The van der Waals surface area contributed by atoms with Crippen LogP contribution < -0.4 is 22.3 Å². The minimum Gasteiger partial charge on any atom is -0.387 e.